The second kappa shape index (κ2) is 6.82. The van der Waals surface area contributed by atoms with Crippen molar-refractivity contribution >= 4 is 32.8 Å². The maximum Gasteiger partial charge on any atom is 0.339 e. The van der Waals surface area contributed by atoms with Crippen LogP contribution < -0.4 is 10.0 Å². The molecule has 1 fully saturated rings. The molecule has 0 saturated carbocycles. The highest BCUT2D eigenvalue weighted by Crippen LogP contribution is 2.32. The third-order valence-corrected chi connectivity index (χ3v) is 5.90. The Labute approximate surface area is 152 Å². The van der Waals surface area contributed by atoms with E-state index in [4.69, 9.17) is 5.14 Å². The summed E-state index contributed by atoms with van der Waals surface area (Å²) in [5.74, 6) is -1.06. The van der Waals surface area contributed by atoms with Crippen LogP contribution in [0.25, 0.3) is 10.9 Å². The Kier molecular flexibility index (Phi) is 4.87. The number of hydrogen-bond acceptors (Lipinski definition) is 5. The lowest BCUT2D eigenvalue weighted by Gasteiger charge is -2.26. The van der Waals surface area contributed by atoms with Gasteiger partial charge in [0.1, 0.15) is 5.56 Å². The summed E-state index contributed by atoms with van der Waals surface area (Å²) >= 11 is 0. The molecular formula is C17H22N4O4S. The molecule has 2 aromatic rings. The summed E-state index contributed by atoms with van der Waals surface area (Å²) in [7, 11) is -3.76. The largest absolute Gasteiger partial charge is 0.478 e. The van der Waals surface area contributed by atoms with E-state index < -0.39 is 16.2 Å². The predicted octanol–water partition coefficient (Wildman–Crippen LogP) is 1.27. The monoisotopic (exact) mass is 378 g/mol. The van der Waals surface area contributed by atoms with Gasteiger partial charge in [0.05, 0.1) is 11.2 Å². The molecule has 0 spiro atoms. The lowest BCUT2D eigenvalue weighted by atomic mass is 10.0. The van der Waals surface area contributed by atoms with Crippen LogP contribution in [0.1, 0.15) is 27.9 Å². The first-order valence-corrected chi connectivity index (χ1v) is 9.85. The van der Waals surface area contributed by atoms with Crippen molar-refractivity contribution in [1.29, 1.82) is 0 Å². The van der Waals surface area contributed by atoms with Gasteiger partial charge < -0.3 is 10.0 Å². The summed E-state index contributed by atoms with van der Waals surface area (Å²) in [6, 6.07) is 3.88. The van der Waals surface area contributed by atoms with Crippen molar-refractivity contribution in [2.75, 3.05) is 31.1 Å². The predicted molar refractivity (Wildman–Crippen MR) is 99.7 cm³/mol. The second-order valence-electron chi connectivity index (χ2n) is 6.56. The first-order valence-electron chi connectivity index (χ1n) is 8.34. The average Bonchev–Trinajstić information content (AvgIpc) is 2.80. The zero-order valence-electron chi connectivity index (χ0n) is 14.8. The average molecular weight is 378 g/mol. The number of fused-ring (bicyclic) bond motifs is 1. The van der Waals surface area contributed by atoms with Crippen molar-refractivity contribution in [3.8, 4) is 0 Å². The molecule has 3 N–H and O–H groups in total. The number of carboxylic acids is 1. The summed E-state index contributed by atoms with van der Waals surface area (Å²) in [4.78, 5) is 18.0. The summed E-state index contributed by atoms with van der Waals surface area (Å²) in [6.07, 6.45) is 1.93. The van der Waals surface area contributed by atoms with Gasteiger partial charge in [0.25, 0.3) is 10.2 Å². The van der Waals surface area contributed by atoms with E-state index in [0.717, 1.165) is 22.0 Å². The summed E-state index contributed by atoms with van der Waals surface area (Å²) in [5, 5.41) is 15.6. The van der Waals surface area contributed by atoms with Crippen LogP contribution in [-0.2, 0) is 10.2 Å². The van der Waals surface area contributed by atoms with E-state index in [0.29, 0.717) is 31.7 Å². The maximum atomic E-state index is 11.8. The molecule has 1 aliphatic heterocycles. The van der Waals surface area contributed by atoms with Gasteiger partial charge in [-0.1, -0.05) is 0 Å². The van der Waals surface area contributed by atoms with Crippen molar-refractivity contribution in [3.05, 3.63) is 35.0 Å². The third-order valence-electron chi connectivity index (χ3n) is 4.82. The van der Waals surface area contributed by atoms with Crippen LogP contribution in [0.3, 0.4) is 0 Å². The molecule has 140 valence electrons. The van der Waals surface area contributed by atoms with Crippen molar-refractivity contribution in [3.63, 3.8) is 0 Å². The lowest BCUT2D eigenvalue weighted by Crippen LogP contribution is -2.39. The van der Waals surface area contributed by atoms with Crippen LogP contribution >= 0.6 is 0 Å². The van der Waals surface area contributed by atoms with Crippen LogP contribution in [0.15, 0.2) is 18.3 Å². The fraction of sp³-hybridized carbons (Fsp3) is 0.412. The number of carboxylic acid groups (broad SMARTS) is 1. The Morgan fingerprint density at radius 3 is 2.50 bits per heavy atom. The van der Waals surface area contributed by atoms with Crippen LogP contribution in [-0.4, -0.2) is 55.0 Å². The van der Waals surface area contributed by atoms with Gasteiger partial charge >= 0.3 is 5.97 Å². The van der Waals surface area contributed by atoms with E-state index in [9.17, 15) is 18.3 Å². The number of pyridine rings is 1. The zero-order valence-corrected chi connectivity index (χ0v) is 15.6. The van der Waals surface area contributed by atoms with E-state index in [2.05, 4.69) is 4.98 Å². The summed E-state index contributed by atoms with van der Waals surface area (Å²) < 4.78 is 24.5. The van der Waals surface area contributed by atoms with Gasteiger partial charge in [-0.15, -0.1) is 0 Å². The molecule has 0 amide bonds. The highest BCUT2D eigenvalue weighted by atomic mass is 32.2. The minimum Gasteiger partial charge on any atom is -0.478 e. The fourth-order valence-corrected chi connectivity index (χ4v) is 4.03. The SMILES string of the molecule is Cc1cc2ncc(C(=O)O)c(N3CCCN(S(N)(=O)=O)CC3)c2cc1C. The highest BCUT2D eigenvalue weighted by molar-refractivity contribution is 7.86. The molecule has 1 aliphatic rings. The smallest absolute Gasteiger partial charge is 0.339 e. The lowest BCUT2D eigenvalue weighted by molar-refractivity contribution is 0.0697. The quantitative estimate of drug-likeness (QED) is 0.830. The second-order valence-corrected chi connectivity index (χ2v) is 8.11. The van der Waals surface area contributed by atoms with Gasteiger partial charge in [-0.2, -0.15) is 12.7 Å². The van der Waals surface area contributed by atoms with Crippen LogP contribution in [0.4, 0.5) is 5.69 Å². The molecule has 1 saturated heterocycles. The number of anilines is 1. The molecule has 0 radical (unpaired) electrons. The van der Waals surface area contributed by atoms with Crippen LogP contribution in [0.5, 0.6) is 0 Å². The molecule has 3 rings (SSSR count). The van der Waals surface area contributed by atoms with Gasteiger partial charge in [-0.25, -0.2) is 9.93 Å². The molecule has 8 nitrogen and oxygen atoms in total. The van der Waals surface area contributed by atoms with E-state index >= 15 is 0 Å². The Bertz CT molecular complexity index is 974. The van der Waals surface area contributed by atoms with E-state index in [1.165, 1.54) is 10.5 Å². The molecule has 0 unspecified atom stereocenters. The van der Waals surface area contributed by atoms with Gasteiger partial charge in [0.2, 0.25) is 0 Å². The van der Waals surface area contributed by atoms with E-state index in [1.54, 1.807) is 0 Å². The minimum absolute atomic E-state index is 0.116. The standard InChI is InChI=1S/C17H22N4O4S/c1-11-8-13-15(9-12(11)2)19-10-14(17(22)23)16(13)20-4-3-5-21(7-6-20)26(18,24)25/h8-10H,3-7H2,1-2H3,(H,22,23)(H2,18,24,25). The van der Waals surface area contributed by atoms with Crippen molar-refractivity contribution in [2.24, 2.45) is 5.14 Å². The summed E-state index contributed by atoms with van der Waals surface area (Å²) in [5.41, 5.74) is 3.55. The number of benzene rings is 1. The number of rotatable bonds is 3. The first-order chi connectivity index (χ1) is 12.2. The molecule has 0 aliphatic carbocycles. The van der Waals surface area contributed by atoms with Crippen molar-refractivity contribution < 1.29 is 18.3 Å². The molecule has 26 heavy (non-hydrogen) atoms. The van der Waals surface area contributed by atoms with E-state index in [-0.39, 0.29) is 12.1 Å². The Morgan fingerprint density at radius 1 is 1.15 bits per heavy atom. The van der Waals surface area contributed by atoms with Gasteiger partial charge in [0, 0.05) is 37.8 Å². The normalized spacial score (nSPS) is 16.7. The number of carbonyl (C=O) groups is 1. The van der Waals surface area contributed by atoms with Crippen LogP contribution in [0, 0.1) is 13.8 Å². The van der Waals surface area contributed by atoms with Gasteiger partial charge in [-0.3, -0.25) is 4.98 Å². The number of nitrogens with two attached hydrogens (primary N) is 1. The minimum atomic E-state index is -3.76. The number of aryl methyl sites for hydroxylation is 2. The van der Waals surface area contributed by atoms with Crippen LogP contribution in [0.2, 0.25) is 0 Å². The molecule has 9 heteroatoms. The Balaban J connectivity index is 2.11. The summed E-state index contributed by atoms with van der Waals surface area (Å²) in [6.45, 7) is 5.39. The van der Waals surface area contributed by atoms with Gasteiger partial charge in [-0.05, 0) is 43.5 Å². The molecule has 1 aromatic carbocycles. The first kappa shape index (κ1) is 18.6. The van der Waals surface area contributed by atoms with Crippen molar-refractivity contribution in [1.82, 2.24) is 9.29 Å². The number of aromatic nitrogens is 1. The van der Waals surface area contributed by atoms with Gasteiger partial charge in [0.15, 0.2) is 0 Å². The molecule has 0 bridgehead atoms. The fourth-order valence-electron chi connectivity index (χ4n) is 3.31. The van der Waals surface area contributed by atoms with E-state index in [1.807, 2.05) is 30.9 Å². The molecular weight excluding hydrogens is 356 g/mol. The number of nitrogens with zero attached hydrogens (tertiary/aromatic N) is 3. The molecule has 0 atom stereocenters. The van der Waals surface area contributed by atoms with Crippen molar-refractivity contribution in [2.45, 2.75) is 20.3 Å². The Hall–Kier alpha value is -2.23. The third kappa shape index (κ3) is 3.50. The number of aromatic carboxylic acids is 1. The highest BCUT2D eigenvalue weighted by Gasteiger charge is 2.26. The topological polar surface area (TPSA) is 117 Å². The Morgan fingerprint density at radius 2 is 1.85 bits per heavy atom. The maximum absolute atomic E-state index is 11.8. The zero-order chi connectivity index (χ0) is 19.1. The number of hydrogen-bond donors (Lipinski definition) is 2. The molecule has 2 heterocycles. The molecule has 1 aromatic heterocycles.